The van der Waals surface area contributed by atoms with Gasteiger partial charge in [-0.1, -0.05) is 0 Å². The van der Waals surface area contributed by atoms with Crippen LogP contribution < -0.4 is 5.32 Å². The van der Waals surface area contributed by atoms with E-state index in [-0.39, 0.29) is 6.10 Å². The van der Waals surface area contributed by atoms with Gasteiger partial charge in [-0.15, -0.1) is 11.3 Å². The Hall–Kier alpha value is -1.20. The Kier molecular flexibility index (Phi) is 2.60. The van der Waals surface area contributed by atoms with Crippen LogP contribution in [0.25, 0.3) is 10.2 Å². The summed E-state index contributed by atoms with van der Waals surface area (Å²) >= 11 is 1.58. The van der Waals surface area contributed by atoms with Gasteiger partial charge in [0.15, 0.2) is 0 Å². The molecule has 0 bridgehead atoms. The SMILES string of the molecule is C[C@@H](O)CNc1ncnc2sccc12. The number of hydrogen-bond donors (Lipinski definition) is 2. The Labute approximate surface area is 85.6 Å². The van der Waals surface area contributed by atoms with Crippen molar-refractivity contribution in [1.82, 2.24) is 9.97 Å². The van der Waals surface area contributed by atoms with Crippen LogP contribution >= 0.6 is 11.3 Å². The topological polar surface area (TPSA) is 58.0 Å². The molecule has 74 valence electrons. The number of hydrogen-bond acceptors (Lipinski definition) is 5. The number of nitrogens with one attached hydrogen (secondary N) is 1. The lowest BCUT2D eigenvalue weighted by Crippen LogP contribution is -2.16. The van der Waals surface area contributed by atoms with Gasteiger partial charge in [-0.25, -0.2) is 9.97 Å². The number of aliphatic hydroxyl groups excluding tert-OH is 1. The van der Waals surface area contributed by atoms with Gasteiger partial charge < -0.3 is 10.4 Å². The third-order valence-corrected chi connectivity index (χ3v) is 2.65. The Balaban J connectivity index is 2.27. The van der Waals surface area contributed by atoms with Gasteiger partial charge in [0.1, 0.15) is 17.0 Å². The van der Waals surface area contributed by atoms with Gasteiger partial charge in [-0.3, -0.25) is 0 Å². The molecule has 2 rings (SSSR count). The molecular weight excluding hydrogens is 198 g/mol. The van der Waals surface area contributed by atoms with Crippen LogP contribution in [0.3, 0.4) is 0 Å². The number of aromatic nitrogens is 2. The average molecular weight is 209 g/mol. The Morgan fingerprint density at radius 3 is 3.21 bits per heavy atom. The highest BCUT2D eigenvalue weighted by Gasteiger charge is 2.04. The molecule has 0 aliphatic heterocycles. The molecule has 0 unspecified atom stereocenters. The zero-order valence-corrected chi connectivity index (χ0v) is 8.58. The van der Waals surface area contributed by atoms with E-state index in [0.29, 0.717) is 6.54 Å². The summed E-state index contributed by atoms with van der Waals surface area (Å²) in [6.45, 7) is 2.24. The van der Waals surface area contributed by atoms with Crippen LogP contribution in [0.5, 0.6) is 0 Å². The Morgan fingerprint density at radius 2 is 2.43 bits per heavy atom. The first kappa shape index (κ1) is 9.36. The number of rotatable bonds is 3. The van der Waals surface area contributed by atoms with Crippen molar-refractivity contribution in [3.05, 3.63) is 17.8 Å². The molecule has 0 amide bonds. The van der Waals surface area contributed by atoms with Crippen molar-refractivity contribution in [1.29, 1.82) is 0 Å². The minimum Gasteiger partial charge on any atom is -0.392 e. The fourth-order valence-corrected chi connectivity index (χ4v) is 1.91. The lowest BCUT2D eigenvalue weighted by atomic mass is 10.3. The van der Waals surface area contributed by atoms with Gasteiger partial charge in [0.25, 0.3) is 0 Å². The molecule has 2 aromatic rings. The summed E-state index contributed by atoms with van der Waals surface area (Å²) in [5, 5.41) is 15.2. The zero-order chi connectivity index (χ0) is 9.97. The molecule has 0 radical (unpaired) electrons. The second-order valence-corrected chi connectivity index (χ2v) is 3.99. The normalized spacial score (nSPS) is 13.0. The first-order valence-corrected chi connectivity index (χ1v) is 5.25. The maximum absolute atomic E-state index is 9.13. The predicted molar refractivity (Wildman–Crippen MR) is 57.6 cm³/mol. The van der Waals surface area contributed by atoms with Gasteiger partial charge in [-0.05, 0) is 18.4 Å². The highest BCUT2D eigenvalue weighted by Crippen LogP contribution is 2.23. The summed E-state index contributed by atoms with van der Waals surface area (Å²) < 4.78 is 0. The van der Waals surface area contributed by atoms with Crippen molar-refractivity contribution >= 4 is 27.4 Å². The second kappa shape index (κ2) is 3.89. The molecule has 1 atom stereocenters. The first-order chi connectivity index (χ1) is 6.77. The van der Waals surface area contributed by atoms with Crippen molar-refractivity contribution in [2.75, 3.05) is 11.9 Å². The van der Waals surface area contributed by atoms with Crippen LogP contribution in [-0.2, 0) is 0 Å². The highest BCUT2D eigenvalue weighted by atomic mass is 32.1. The number of fused-ring (bicyclic) bond motifs is 1. The van der Waals surface area contributed by atoms with E-state index in [1.54, 1.807) is 18.3 Å². The summed E-state index contributed by atoms with van der Waals surface area (Å²) in [6.07, 6.45) is 1.15. The lowest BCUT2D eigenvalue weighted by molar-refractivity contribution is 0.208. The zero-order valence-electron chi connectivity index (χ0n) is 7.77. The summed E-state index contributed by atoms with van der Waals surface area (Å²) in [4.78, 5) is 9.22. The van der Waals surface area contributed by atoms with Gasteiger partial charge >= 0.3 is 0 Å². The van der Waals surface area contributed by atoms with Crippen LogP contribution in [0.2, 0.25) is 0 Å². The van der Waals surface area contributed by atoms with E-state index >= 15 is 0 Å². The van der Waals surface area contributed by atoms with E-state index in [9.17, 15) is 0 Å². The van der Waals surface area contributed by atoms with E-state index in [1.165, 1.54) is 6.33 Å². The molecular formula is C9H11N3OS. The molecule has 0 spiro atoms. The summed E-state index contributed by atoms with van der Waals surface area (Å²) in [7, 11) is 0. The molecule has 14 heavy (non-hydrogen) atoms. The molecule has 5 heteroatoms. The van der Waals surface area contributed by atoms with Crippen molar-refractivity contribution in [2.45, 2.75) is 13.0 Å². The lowest BCUT2D eigenvalue weighted by Gasteiger charge is -2.07. The highest BCUT2D eigenvalue weighted by molar-refractivity contribution is 7.16. The number of thiophene rings is 1. The van der Waals surface area contributed by atoms with Gasteiger partial charge in [0.2, 0.25) is 0 Å². The molecule has 0 saturated heterocycles. The molecule has 0 aromatic carbocycles. The standard InChI is InChI=1S/C9H11N3OS/c1-6(13)4-10-8-7-2-3-14-9(7)12-5-11-8/h2-3,5-6,13H,4H2,1H3,(H,10,11,12)/t6-/m1/s1. The van der Waals surface area contributed by atoms with Crippen molar-refractivity contribution in [2.24, 2.45) is 0 Å². The third-order valence-electron chi connectivity index (χ3n) is 1.83. The fraction of sp³-hybridized carbons (Fsp3) is 0.333. The maximum Gasteiger partial charge on any atom is 0.138 e. The Bertz CT molecular complexity index is 427. The second-order valence-electron chi connectivity index (χ2n) is 3.09. The van der Waals surface area contributed by atoms with Gasteiger partial charge in [0, 0.05) is 6.54 Å². The first-order valence-electron chi connectivity index (χ1n) is 4.37. The molecule has 2 N–H and O–H groups in total. The molecule has 2 heterocycles. The average Bonchev–Trinajstić information content (AvgIpc) is 2.62. The van der Waals surface area contributed by atoms with Crippen molar-refractivity contribution in [3.63, 3.8) is 0 Å². The van der Waals surface area contributed by atoms with Gasteiger partial charge in [0.05, 0.1) is 11.5 Å². The monoisotopic (exact) mass is 209 g/mol. The van der Waals surface area contributed by atoms with Crippen LogP contribution in [0, 0.1) is 0 Å². The largest absolute Gasteiger partial charge is 0.392 e. The fourth-order valence-electron chi connectivity index (χ4n) is 1.18. The quantitative estimate of drug-likeness (QED) is 0.804. The summed E-state index contributed by atoms with van der Waals surface area (Å²) in [5.74, 6) is 0.789. The van der Waals surface area contributed by atoms with E-state index in [2.05, 4.69) is 15.3 Å². The van der Waals surface area contributed by atoms with Crippen LogP contribution in [0.1, 0.15) is 6.92 Å². The number of nitrogens with zero attached hydrogens (tertiary/aromatic N) is 2. The predicted octanol–water partition coefficient (Wildman–Crippen LogP) is 1.48. The Morgan fingerprint density at radius 1 is 1.57 bits per heavy atom. The van der Waals surface area contributed by atoms with Crippen molar-refractivity contribution in [3.8, 4) is 0 Å². The van der Waals surface area contributed by atoms with Crippen LogP contribution in [0.4, 0.5) is 5.82 Å². The van der Waals surface area contributed by atoms with Crippen LogP contribution in [-0.4, -0.2) is 27.7 Å². The van der Waals surface area contributed by atoms with E-state index in [0.717, 1.165) is 16.0 Å². The minimum atomic E-state index is -0.376. The van der Waals surface area contributed by atoms with Gasteiger partial charge in [-0.2, -0.15) is 0 Å². The minimum absolute atomic E-state index is 0.376. The third kappa shape index (κ3) is 1.83. The van der Waals surface area contributed by atoms with E-state index < -0.39 is 0 Å². The van der Waals surface area contributed by atoms with E-state index in [4.69, 9.17) is 5.11 Å². The summed E-state index contributed by atoms with van der Waals surface area (Å²) in [5.41, 5.74) is 0. The summed E-state index contributed by atoms with van der Waals surface area (Å²) in [6, 6.07) is 1.98. The van der Waals surface area contributed by atoms with E-state index in [1.807, 2.05) is 11.4 Å². The number of aliphatic hydroxyl groups is 1. The smallest absolute Gasteiger partial charge is 0.138 e. The number of anilines is 1. The molecule has 0 saturated carbocycles. The molecule has 2 aromatic heterocycles. The van der Waals surface area contributed by atoms with Crippen LogP contribution in [0.15, 0.2) is 17.8 Å². The molecule has 4 nitrogen and oxygen atoms in total. The maximum atomic E-state index is 9.13. The van der Waals surface area contributed by atoms with Crippen molar-refractivity contribution < 1.29 is 5.11 Å². The molecule has 0 aliphatic rings. The molecule has 0 aliphatic carbocycles. The molecule has 0 fully saturated rings.